The van der Waals surface area contributed by atoms with Gasteiger partial charge < -0.3 is 9.84 Å². The average molecular weight is 242 g/mol. The SMILES string of the molecule is Cc1ccc(C2(CO)CCC2)cc1OC(F)F. The maximum atomic E-state index is 12.2. The highest BCUT2D eigenvalue weighted by atomic mass is 19.3. The maximum Gasteiger partial charge on any atom is 0.387 e. The smallest absolute Gasteiger partial charge is 0.387 e. The fraction of sp³-hybridized carbons (Fsp3) is 0.538. The first kappa shape index (κ1) is 12.3. The average Bonchev–Trinajstić information content (AvgIpc) is 2.21. The lowest BCUT2D eigenvalue weighted by Crippen LogP contribution is -2.37. The molecule has 0 aliphatic heterocycles. The van der Waals surface area contributed by atoms with Gasteiger partial charge in [0.25, 0.3) is 0 Å². The Labute approximate surface area is 99.2 Å². The van der Waals surface area contributed by atoms with Gasteiger partial charge in [-0.05, 0) is 37.0 Å². The van der Waals surface area contributed by atoms with Crippen LogP contribution in [0.2, 0.25) is 0 Å². The van der Waals surface area contributed by atoms with Crippen molar-refractivity contribution in [3.8, 4) is 5.75 Å². The van der Waals surface area contributed by atoms with Crippen LogP contribution < -0.4 is 4.74 Å². The molecule has 0 aromatic heterocycles. The Morgan fingerprint density at radius 1 is 1.41 bits per heavy atom. The molecule has 17 heavy (non-hydrogen) atoms. The zero-order chi connectivity index (χ0) is 12.5. The van der Waals surface area contributed by atoms with Gasteiger partial charge in [-0.1, -0.05) is 18.6 Å². The molecule has 1 aromatic carbocycles. The van der Waals surface area contributed by atoms with Crippen molar-refractivity contribution in [2.75, 3.05) is 6.61 Å². The van der Waals surface area contributed by atoms with E-state index in [2.05, 4.69) is 4.74 Å². The fourth-order valence-electron chi connectivity index (χ4n) is 2.29. The zero-order valence-corrected chi connectivity index (χ0v) is 9.75. The molecule has 0 heterocycles. The van der Waals surface area contributed by atoms with Crippen molar-refractivity contribution >= 4 is 0 Å². The van der Waals surface area contributed by atoms with Crippen LogP contribution in [0.25, 0.3) is 0 Å². The summed E-state index contributed by atoms with van der Waals surface area (Å²) in [6.45, 7) is -1.02. The summed E-state index contributed by atoms with van der Waals surface area (Å²) in [5.41, 5.74) is 1.34. The van der Waals surface area contributed by atoms with Gasteiger partial charge in [0.2, 0.25) is 0 Å². The molecule has 1 N–H and O–H groups in total. The van der Waals surface area contributed by atoms with Gasteiger partial charge in [0, 0.05) is 5.41 Å². The molecular weight excluding hydrogens is 226 g/mol. The number of halogens is 2. The van der Waals surface area contributed by atoms with Crippen LogP contribution in [0, 0.1) is 6.92 Å². The van der Waals surface area contributed by atoms with Gasteiger partial charge >= 0.3 is 6.61 Å². The molecule has 0 unspecified atom stereocenters. The third-order valence-electron chi connectivity index (χ3n) is 3.63. The van der Waals surface area contributed by atoms with Crippen LogP contribution in [0.3, 0.4) is 0 Å². The van der Waals surface area contributed by atoms with E-state index in [1.165, 1.54) is 0 Å². The van der Waals surface area contributed by atoms with Crippen LogP contribution in [0.4, 0.5) is 8.78 Å². The van der Waals surface area contributed by atoms with Gasteiger partial charge in [-0.25, -0.2) is 0 Å². The Morgan fingerprint density at radius 2 is 2.12 bits per heavy atom. The highest BCUT2D eigenvalue weighted by Crippen LogP contribution is 2.44. The van der Waals surface area contributed by atoms with Crippen molar-refractivity contribution in [2.45, 2.75) is 38.2 Å². The first-order valence-electron chi connectivity index (χ1n) is 5.74. The summed E-state index contributed by atoms with van der Waals surface area (Å²) >= 11 is 0. The summed E-state index contributed by atoms with van der Waals surface area (Å²) in [4.78, 5) is 0. The number of benzene rings is 1. The molecule has 1 saturated carbocycles. The molecule has 1 aliphatic carbocycles. The topological polar surface area (TPSA) is 29.5 Å². The second-order valence-electron chi connectivity index (χ2n) is 4.65. The minimum atomic E-state index is -2.81. The number of aliphatic hydroxyl groups excluding tert-OH is 1. The molecular formula is C13H16F2O2. The Hall–Kier alpha value is -1.16. The van der Waals surface area contributed by atoms with Crippen molar-refractivity contribution < 1.29 is 18.6 Å². The summed E-state index contributed by atoms with van der Waals surface area (Å²) < 4.78 is 28.9. The normalized spacial score (nSPS) is 17.9. The van der Waals surface area contributed by atoms with E-state index in [1.807, 2.05) is 6.07 Å². The van der Waals surface area contributed by atoms with E-state index < -0.39 is 6.61 Å². The van der Waals surface area contributed by atoms with Crippen molar-refractivity contribution in [1.82, 2.24) is 0 Å². The van der Waals surface area contributed by atoms with E-state index >= 15 is 0 Å². The molecule has 4 heteroatoms. The molecule has 2 nitrogen and oxygen atoms in total. The quantitative estimate of drug-likeness (QED) is 0.879. The number of hydrogen-bond acceptors (Lipinski definition) is 2. The van der Waals surface area contributed by atoms with E-state index in [1.54, 1.807) is 19.1 Å². The minimum absolute atomic E-state index is 0.0597. The second-order valence-corrected chi connectivity index (χ2v) is 4.65. The monoisotopic (exact) mass is 242 g/mol. The van der Waals surface area contributed by atoms with Crippen LogP contribution in [0.5, 0.6) is 5.75 Å². The van der Waals surface area contributed by atoms with Gasteiger partial charge in [0.15, 0.2) is 0 Å². The van der Waals surface area contributed by atoms with E-state index in [0.29, 0.717) is 5.56 Å². The number of ether oxygens (including phenoxy) is 1. The highest BCUT2D eigenvalue weighted by Gasteiger charge is 2.38. The van der Waals surface area contributed by atoms with Crippen molar-refractivity contribution in [1.29, 1.82) is 0 Å². The predicted octanol–water partition coefficient (Wildman–Crippen LogP) is 3.01. The lowest BCUT2D eigenvalue weighted by molar-refractivity contribution is -0.0504. The maximum absolute atomic E-state index is 12.2. The summed E-state index contributed by atoms with van der Waals surface area (Å²) in [6, 6.07) is 5.29. The molecule has 1 fully saturated rings. The molecule has 1 aromatic rings. The van der Waals surface area contributed by atoms with Crippen LogP contribution >= 0.6 is 0 Å². The molecule has 0 bridgehead atoms. The van der Waals surface area contributed by atoms with Crippen LogP contribution in [0.1, 0.15) is 30.4 Å². The van der Waals surface area contributed by atoms with Crippen molar-refractivity contribution in [2.24, 2.45) is 0 Å². The van der Waals surface area contributed by atoms with Crippen molar-refractivity contribution in [3.05, 3.63) is 29.3 Å². The number of rotatable bonds is 4. The summed E-state index contributed by atoms with van der Waals surface area (Å²) in [7, 11) is 0. The molecule has 0 atom stereocenters. The van der Waals surface area contributed by atoms with Crippen molar-refractivity contribution in [3.63, 3.8) is 0 Å². The zero-order valence-electron chi connectivity index (χ0n) is 9.75. The third-order valence-corrected chi connectivity index (χ3v) is 3.63. The first-order chi connectivity index (χ1) is 8.07. The standard InChI is InChI=1S/C13H16F2O2/c1-9-3-4-10(7-11(9)17-12(14)15)13(8-16)5-2-6-13/h3-4,7,12,16H,2,5-6,8H2,1H3. The summed E-state index contributed by atoms with van der Waals surface area (Å²) in [6.07, 6.45) is 2.88. The lowest BCUT2D eigenvalue weighted by Gasteiger charge is -2.41. The molecule has 94 valence electrons. The van der Waals surface area contributed by atoms with Gasteiger partial charge in [-0.3, -0.25) is 0 Å². The predicted molar refractivity (Wildman–Crippen MR) is 60.4 cm³/mol. The Balaban J connectivity index is 2.30. The molecule has 0 spiro atoms. The molecule has 0 amide bonds. The molecule has 1 aliphatic rings. The first-order valence-corrected chi connectivity index (χ1v) is 5.74. The minimum Gasteiger partial charge on any atom is -0.435 e. The number of aryl methyl sites for hydroxylation is 1. The van der Waals surface area contributed by atoms with E-state index in [-0.39, 0.29) is 17.8 Å². The number of alkyl halides is 2. The Morgan fingerprint density at radius 3 is 2.59 bits per heavy atom. The summed E-state index contributed by atoms with van der Waals surface area (Å²) in [5.74, 6) is 0.206. The molecule has 0 radical (unpaired) electrons. The molecule has 2 rings (SSSR count). The van der Waals surface area contributed by atoms with Gasteiger partial charge in [-0.15, -0.1) is 0 Å². The Bertz CT molecular complexity index is 395. The van der Waals surface area contributed by atoms with E-state index in [4.69, 9.17) is 0 Å². The van der Waals surface area contributed by atoms with E-state index in [0.717, 1.165) is 24.8 Å². The highest BCUT2D eigenvalue weighted by molar-refractivity contribution is 5.41. The van der Waals surface area contributed by atoms with Gasteiger partial charge in [-0.2, -0.15) is 8.78 Å². The van der Waals surface area contributed by atoms with Crippen LogP contribution in [-0.2, 0) is 5.41 Å². The van der Waals surface area contributed by atoms with Gasteiger partial charge in [0.1, 0.15) is 5.75 Å². The van der Waals surface area contributed by atoms with Crippen LogP contribution in [-0.4, -0.2) is 18.3 Å². The third kappa shape index (κ3) is 2.27. The summed E-state index contributed by atoms with van der Waals surface area (Å²) in [5, 5.41) is 9.44. The lowest BCUT2D eigenvalue weighted by atomic mass is 9.65. The largest absolute Gasteiger partial charge is 0.435 e. The second kappa shape index (κ2) is 4.61. The fourth-order valence-corrected chi connectivity index (χ4v) is 2.29. The number of hydrogen-bond donors (Lipinski definition) is 1. The molecule has 0 saturated heterocycles. The van der Waals surface area contributed by atoms with E-state index in [9.17, 15) is 13.9 Å². The number of aliphatic hydroxyl groups is 1. The van der Waals surface area contributed by atoms with Crippen LogP contribution in [0.15, 0.2) is 18.2 Å². The Kier molecular flexibility index (Phi) is 3.33. The van der Waals surface area contributed by atoms with Gasteiger partial charge in [0.05, 0.1) is 6.61 Å².